The molecule has 176 valence electrons. The summed E-state index contributed by atoms with van der Waals surface area (Å²) in [6, 6.07) is 15.2. The van der Waals surface area contributed by atoms with Crippen molar-refractivity contribution in [3.8, 4) is 17.3 Å². The molecule has 1 aromatic carbocycles. The number of benzene rings is 1. The highest BCUT2D eigenvalue weighted by Gasteiger charge is 2.35. The number of nitrogens with zero attached hydrogens (tertiary/aromatic N) is 5. The van der Waals surface area contributed by atoms with E-state index in [1.165, 1.54) is 0 Å². The van der Waals surface area contributed by atoms with Crippen LogP contribution in [-0.2, 0) is 0 Å². The first-order valence-corrected chi connectivity index (χ1v) is 10.5. The molecule has 0 amide bonds. The topological polar surface area (TPSA) is 55.5 Å². The Morgan fingerprint density at radius 3 is 2.58 bits per heavy atom. The third kappa shape index (κ3) is 5.18. The second kappa shape index (κ2) is 10.6. The van der Waals surface area contributed by atoms with Gasteiger partial charge in [0.1, 0.15) is 35.9 Å². The zero-order valence-electron chi connectivity index (χ0n) is 17.9. The van der Waals surface area contributed by atoms with Crippen molar-refractivity contribution in [1.29, 1.82) is 0 Å². The maximum atomic E-state index is 15.3. The molecule has 0 saturated carbocycles. The van der Waals surface area contributed by atoms with E-state index >= 15 is 4.39 Å². The molecule has 1 fully saturated rings. The monoisotopic (exact) mass is 495 g/mol. The molecular formula is C23H25Cl2F2N5O. The second-order valence-electron chi connectivity index (χ2n) is 7.95. The molecule has 0 unspecified atom stereocenters. The van der Waals surface area contributed by atoms with Crippen molar-refractivity contribution in [2.45, 2.75) is 18.5 Å². The van der Waals surface area contributed by atoms with Crippen LogP contribution in [0.25, 0.3) is 28.1 Å². The van der Waals surface area contributed by atoms with Crippen LogP contribution in [0.5, 0.6) is 5.75 Å². The van der Waals surface area contributed by atoms with E-state index in [0.29, 0.717) is 55.3 Å². The van der Waals surface area contributed by atoms with Gasteiger partial charge in [-0.3, -0.25) is 4.40 Å². The summed E-state index contributed by atoms with van der Waals surface area (Å²) in [6.45, 7) is 1.00. The molecule has 5 rings (SSSR count). The summed E-state index contributed by atoms with van der Waals surface area (Å²) in [5.74, 6) is 1.17. The maximum absolute atomic E-state index is 15.3. The second-order valence-corrected chi connectivity index (χ2v) is 7.95. The lowest BCUT2D eigenvalue weighted by Gasteiger charge is -2.35. The van der Waals surface area contributed by atoms with Gasteiger partial charge in [0.25, 0.3) is 0 Å². The highest BCUT2D eigenvalue weighted by atomic mass is 35.5. The smallest absolute Gasteiger partial charge is 0.187 e. The Bertz CT molecular complexity index is 1210. The third-order valence-electron chi connectivity index (χ3n) is 5.87. The minimum atomic E-state index is -1.42. The van der Waals surface area contributed by atoms with Gasteiger partial charge in [-0.25, -0.2) is 13.8 Å². The number of hydrogen-bond acceptors (Lipinski definition) is 5. The zero-order valence-corrected chi connectivity index (χ0v) is 19.5. The first-order valence-electron chi connectivity index (χ1n) is 10.5. The van der Waals surface area contributed by atoms with Crippen molar-refractivity contribution < 1.29 is 13.5 Å². The van der Waals surface area contributed by atoms with Gasteiger partial charge in [-0.05, 0) is 37.1 Å². The molecule has 33 heavy (non-hydrogen) atoms. The Labute approximate surface area is 202 Å². The molecule has 4 aromatic rings. The molecule has 3 aromatic heterocycles. The Kier molecular flexibility index (Phi) is 8.05. The van der Waals surface area contributed by atoms with Crippen LogP contribution in [0.3, 0.4) is 0 Å². The number of halogens is 4. The minimum Gasteiger partial charge on any atom is -0.488 e. The van der Waals surface area contributed by atoms with Crippen LogP contribution in [0.4, 0.5) is 8.78 Å². The quantitative estimate of drug-likeness (QED) is 0.379. The Morgan fingerprint density at radius 2 is 1.79 bits per heavy atom. The number of rotatable bonds is 6. The van der Waals surface area contributed by atoms with E-state index in [1.54, 1.807) is 0 Å². The minimum absolute atomic E-state index is 0. The predicted molar refractivity (Wildman–Crippen MR) is 129 cm³/mol. The van der Waals surface area contributed by atoms with Crippen molar-refractivity contribution in [3.05, 3.63) is 54.7 Å². The van der Waals surface area contributed by atoms with Gasteiger partial charge in [-0.15, -0.1) is 35.0 Å². The number of aromatic nitrogens is 4. The summed E-state index contributed by atoms with van der Waals surface area (Å²) in [6.07, 6.45) is 2.56. The van der Waals surface area contributed by atoms with Crippen LogP contribution in [0.15, 0.2) is 54.7 Å². The Morgan fingerprint density at radius 1 is 0.970 bits per heavy atom. The van der Waals surface area contributed by atoms with Gasteiger partial charge < -0.3 is 9.64 Å². The van der Waals surface area contributed by atoms with Crippen LogP contribution in [-0.4, -0.2) is 63.1 Å². The lowest BCUT2D eigenvalue weighted by atomic mass is 9.94. The molecule has 0 N–H and O–H groups in total. The van der Waals surface area contributed by atoms with Gasteiger partial charge in [0, 0.05) is 31.2 Å². The summed E-state index contributed by atoms with van der Waals surface area (Å²) >= 11 is 0. The molecular weight excluding hydrogens is 471 g/mol. The normalized spacial score (nSPS) is 15.7. The molecule has 10 heteroatoms. The van der Waals surface area contributed by atoms with Crippen LogP contribution < -0.4 is 4.74 Å². The van der Waals surface area contributed by atoms with Crippen LogP contribution >= 0.6 is 24.8 Å². The molecule has 0 spiro atoms. The van der Waals surface area contributed by atoms with E-state index in [0.717, 1.165) is 11.0 Å². The molecule has 4 heterocycles. The number of hydrogen-bond donors (Lipinski definition) is 0. The fraction of sp³-hybridized carbons (Fsp3) is 0.348. The fourth-order valence-electron chi connectivity index (χ4n) is 4.03. The SMILES string of the molecule is Cl.Cl.FCCN1CCC(F)(COc2cccc3ccc(-c4nnc5ccccn45)nc23)CC1. The van der Waals surface area contributed by atoms with Crippen LogP contribution in [0.2, 0.25) is 0 Å². The van der Waals surface area contributed by atoms with Crippen LogP contribution in [0, 0.1) is 0 Å². The van der Waals surface area contributed by atoms with Gasteiger partial charge in [-0.2, -0.15) is 0 Å². The number of pyridine rings is 2. The van der Waals surface area contributed by atoms with Crippen LogP contribution in [0.1, 0.15) is 12.8 Å². The third-order valence-corrected chi connectivity index (χ3v) is 5.87. The summed E-state index contributed by atoms with van der Waals surface area (Å²) < 4.78 is 35.6. The van der Waals surface area contributed by atoms with E-state index in [1.807, 2.05) is 64.0 Å². The molecule has 1 aliphatic rings. The van der Waals surface area contributed by atoms with E-state index in [2.05, 4.69) is 10.2 Å². The van der Waals surface area contributed by atoms with E-state index in [9.17, 15) is 4.39 Å². The Balaban J connectivity index is 0.00000153. The van der Waals surface area contributed by atoms with Crippen molar-refractivity contribution in [2.24, 2.45) is 0 Å². The van der Waals surface area contributed by atoms with E-state index in [4.69, 9.17) is 9.72 Å². The van der Waals surface area contributed by atoms with Gasteiger partial charge in [-0.1, -0.05) is 24.3 Å². The van der Waals surface area contributed by atoms with Gasteiger partial charge in [0.2, 0.25) is 0 Å². The van der Waals surface area contributed by atoms with Gasteiger partial charge >= 0.3 is 0 Å². The standard InChI is InChI=1S/C23H23F2N5O.2ClH/c24-11-15-29-13-9-23(25,10-14-29)16-31-19-5-3-4-17-7-8-18(26-21(17)19)22-28-27-20-6-1-2-12-30(20)22;;/h1-8,12H,9-11,13-16H2;2*1H. The lowest BCUT2D eigenvalue weighted by Crippen LogP contribution is -2.45. The average molecular weight is 496 g/mol. The van der Waals surface area contributed by atoms with Gasteiger partial charge in [0.15, 0.2) is 11.5 Å². The number of alkyl halides is 2. The number of para-hydroxylation sites is 1. The fourth-order valence-corrected chi connectivity index (χ4v) is 4.03. The van der Waals surface area contributed by atoms with Crippen molar-refractivity contribution in [1.82, 2.24) is 24.5 Å². The summed E-state index contributed by atoms with van der Waals surface area (Å²) in [4.78, 5) is 6.72. The Hall–Kier alpha value is -2.55. The van der Waals surface area contributed by atoms with Crippen molar-refractivity contribution in [2.75, 3.05) is 32.9 Å². The van der Waals surface area contributed by atoms with E-state index < -0.39 is 12.3 Å². The highest BCUT2D eigenvalue weighted by Crippen LogP contribution is 2.31. The number of fused-ring (bicyclic) bond motifs is 2. The van der Waals surface area contributed by atoms with Crippen molar-refractivity contribution in [3.63, 3.8) is 0 Å². The first kappa shape index (κ1) is 25.1. The first-order chi connectivity index (χ1) is 15.1. The molecule has 1 saturated heterocycles. The summed E-state index contributed by atoms with van der Waals surface area (Å²) in [5, 5.41) is 9.36. The van der Waals surface area contributed by atoms with Crippen molar-refractivity contribution >= 4 is 41.4 Å². The number of piperidine rings is 1. The molecule has 0 radical (unpaired) electrons. The number of likely N-dealkylation sites (tertiary alicyclic amines) is 1. The molecule has 1 aliphatic heterocycles. The predicted octanol–water partition coefficient (Wildman–Crippen LogP) is 4.94. The largest absolute Gasteiger partial charge is 0.488 e. The highest BCUT2D eigenvalue weighted by molar-refractivity contribution is 5.86. The molecule has 6 nitrogen and oxygen atoms in total. The lowest BCUT2D eigenvalue weighted by molar-refractivity contribution is 0.0165. The van der Waals surface area contributed by atoms with E-state index in [-0.39, 0.29) is 31.4 Å². The molecule has 0 atom stereocenters. The number of ether oxygens (including phenoxy) is 1. The van der Waals surface area contributed by atoms with Gasteiger partial charge in [0.05, 0.1) is 0 Å². The average Bonchev–Trinajstić information content (AvgIpc) is 3.23. The maximum Gasteiger partial charge on any atom is 0.187 e. The summed E-state index contributed by atoms with van der Waals surface area (Å²) in [7, 11) is 0. The molecule has 0 aliphatic carbocycles. The zero-order chi connectivity index (χ0) is 21.3. The molecule has 0 bridgehead atoms. The summed E-state index contributed by atoms with van der Waals surface area (Å²) in [5.41, 5.74) is 0.640.